The maximum atomic E-state index is 9.12. The summed E-state index contributed by atoms with van der Waals surface area (Å²) in [6, 6.07) is 10.2. The number of benzene rings is 1. The molecule has 0 bridgehead atoms. The van der Waals surface area contributed by atoms with E-state index in [4.69, 9.17) is 5.11 Å². The summed E-state index contributed by atoms with van der Waals surface area (Å²) in [5, 5.41) is 13.5. The Labute approximate surface area is 141 Å². The van der Waals surface area contributed by atoms with E-state index in [9.17, 15) is 0 Å². The minimum atomic E-state index is 0. The Morgan fingerprint density at radius 1 is 1.27 bits per heavy atom. The molecule has 15 heavy (non-hydrogen) atoms. The third kappa shape index (κ3) is 6.98. The summed E-state index contributed by atoms with van der Waals surface area (Å²) in [7, 11) is 0. The van der Waals surface area contributed by atoms with Crippen molar-refractivity contribution in [2.24, 2.45) is 0 Å². The Morgan fingerprint density at radius 2 is 1.93 bits per heavy atom. The number of hydrogen-bond donors (Lipinski definition) is 1. The fraction of sp³-hybridized carbons (Fsp3) is 0.500. The van der Waals surface area contributed by atoms with E-state index in [-0.39, 0.29) is 70.8 Å². The van der Waals surface area contributed by atoms with E-state index in [1.54, 1.807) is 0 Å². The summed E-state index contributed by atoms with van der Waals surface area (Å²) in [5.74, 6) is 0. The zero-order valence-electron chi connectivity index (χ0n) is 9.69. The Hall–Kier alpha value is 0.945. The number of aliphatic hydroxyl groups is 1. The number of aliphatic hydroxyl groups excluding tert-OH is 1. The fourth-order valence-electron chi connectivity index (χ4n) is 1.38. The van der Waals surface area contributed by atoms with E-state index in [1.165, 1.54) is 5.56 Å². The van der Waals surface area contributed by atoms with Gasteiger partial charge in [0.05, 0.1) is 0 Å². The Kier molecular flexibility index (Phi) is 10.8. The molecule has 78 valence electrons. The van der Waals surface area contributed by atoms with Crippen LogP contribution in [0.2, 0.25) is 0 Å². The van der Waals surface area contributed by atoms with Crippen LogP contribution in [0.25, 0.3) is 5.32 Å². The first-order chi connectivity index (χ1) is 6.86. The van der Waals surface area contributed by atoms with Crippen LogP contribution in [-0.4, -0.2) is 24.3 Å². The van der Waals surface area contributed by atoms with Gasteiger partial charge in [-0.3, -0.25) is 0 Å². The van der Waals surface area contributed by atoms with Gasteiger partial charge in [-0.25, -0.2) is 0 Å². The second-order valence-corrected chi connectivity index (χ2v) is 3.43. The molecule has 0 heterocycles. The summed E-state index contributed by atoms with van der Waals surface area (Å²) < 4.78 is 0. The minimum absolute atomic E-state index is 0. The van der Waals surface area contributed by atoms with Gasteiger partial charge >= 0.3 is 58.2 Å². The van der Waals surface area contributed by atoms with E-state index in [0.717, 1.165) is 19.4 Å². The van der Waals surface area contributed by atoms with E-state index < -0.39 is 0 Å². The predicted molar refractivity (Wildman–Crippen MR) is 59.5 cm³/mol. The van der Waals surface area contributed by atoms with Crippen molar-refractivity contribution < 1.29 is 63.3 Å². The van der Waals surface area contributed by atoms with Gasteiger partial charge < -0.3 is 10.4 Å². The van der Waals surface area contributed by atoms with Crippen molar-refractivity contribution in [1.82, 2.24) is 0 Å². The first-order valence-electron chi connectivity index (χ1n) is 5.18. The normalized spacial score (nSPS) is 11.9. The quantitative estimate of drug-likeness (QED) is 0.739. The average molecular weight is 278 g/mol. The van der Waals surface area contributed by atoms with Crippen molar-refractivity contribution in [1.29, 1.82) is 0 Å². The molecule has 0 aliphatic rings. The van der Waals surface area contributed by atoms with Gasteiger partial charge in [0.2, 0.25) is 0 Å². The molecule has 0 aliphatic carbocycles. The largest absolute Gasteiger partial charge is 1.00 e. The molecule has 1 atom stereocenters. The Balaban J connectivity index is 0.00000196. The number of rotatable bonds is 6. The molecule has 1 unspecified atom stereocenters. The molecule has 0 spiro atoms. The third-order valence-corrected chi connectivity index (χ3v) is 2.14. The molecule has 1 rings (SSSR count). The van der Waals surface area contributed by atoms with Crippen LogP contribution in [0.5, 0.6) is 0 Å². The van der Waals surface area contributed by atoms with Crippen molar-refractivity contribution >= 4 is 0 Å². The van der Waals surface area contributed by atoms with Crippen LogP contribution in [0.4, 0.5) is 0 Å². The van der Waals surface area contributed by atoms with Crippen molar-refractivity contribution in [3.05, 3.63) is 41.2 Å². The summed E-state index contributed by atoms with van der Waals surface area (Å²) in [6.45, 7) is 3.09. The third-order valence-electron chi connectivity index (χ3n) is 2.14. The van der Waals surface area contributed by atoms with Crippen LogP contribution < -0.4 is 58.2 Å². The first-order valence-corrected chi connectivity index (χ1v) is 5.18. The molecule has 0 fully saturated rings. The van der Waals surface area contributed by atoms with Crippen molar-refractivity contribution in [3.8, 4) is 0 Å². The van der Waals surface area contributed by atoms with Gasteiger partial charge in [-0.15, -0.1) is 12.6 Å². The van der Waals surface area contributed by atoms with Crippen molar-refractivity contribution in [2.75, 3.05) is 13.2 Å². The Bertz CT molecular complexity index is 241. The molecule has 1 N–H and O–H groups in total. The van der Waals surface area contributed by atoms with Crippen LogP contribution in [0.1, 0.15) is 18.9 Å². The maximum absolute atomic E-state index is 9.12. The maximum Gasteiger partial charge on any atom is 1.00 e. The monoisotopic (exact) mass is 277 g/mol. The summed E-state index contributed by atoms with van der Waals surface area (Å²) >= 11 is 0. The van der Waals surface area contributed by atoms with Gasteiger partial charge in [-0.2, -0.15) is 0 Å². The van der Waals surface area contributed by atoms with Crippen LogP contribution in [-0.2, 0) is 6.42 Å². The average Bonchev–Trinajstić information content (AvgIpc) is 2.25. The second kappa shape index (κ2) is 10.1. The van der Waals surface area contributed by atoms with Gasteiger partial charge in [0.25, 0.3) is 0 Å². The van der Waals surface area contributed by atoms with Crippen molar-refractivity contribution in [3.63, 3.8) is 0 Å². The second-order valence-electron chi connectivity index (χ2n) is 3.43. The standard InChI is InChI=1S/C12H18NO.Rb/c1-2-8-13-12(10-14)9-11-6-4-3-5-7-11;/h3-7,12,14H,2,8-10H2,1H3;/q-1;+1. The van der Waals surface area contributed by atoms with Crippen LogP contribution in [0.15, 0.2) is 30.3 Å². The Morgan fingerprint density at radius 3 is 2.47 bits per heavy atom. The smallest absolute Gasteiger partial charge is 0.657 e. The van der Waals surface area contributed by atoms with E-state index in [2.05, 4.69) is 24.4 Å². The zero-order valence-corrected chi connectivity index (χ0v) is 14.6. The summed E-state index contributed by atoms with van der Waals surface area (Å²) in [6.07, 6.45) is 1.89. The molecule has 1 aromatic rings. The van der Waals surface area contributed by atoms with Crippen molar-refractivity contribution in [2.45, 2.75) is 25.8 Å². The topological polar surface area (TPSA) is 34.3 Å². The molecule has 2 nitrogen and oxygen atoms in total. The van der Waals surface area contributed by atoms with Gasteiger partial charge in [-0.05, 0) is 12.0 Å². The molecular weight excluding hydrogens is 260 g/mol. The van der Waals surface area contributed by atoms with E-state index in [0.29, 0.717) is 0 Å². The molecule has 0 saturated carbocycles. The molecule has 0 saturated heterocycles. The van der Waals surface area contributed by atoms with Gasteiger partial charge in [0, 0.05) is 6.61 Å². The number of nitrogens with zero attached hydrogens (tertiary/aromatic N) is 1. The predicted octanol–water partition coefficient (Wildman–Crippen LogP) is -0.622. The fourth-order valence-corrected chi connectivity index (χ4v) is 1.38. The van der Waals surface area contributed by atoms with Gasteiger partial charge in [0.15, 0.2) is 0 Å². The van der Waals surface area contributed by atoms with Gasteiger partial charge in [-0.1, -0.05) is 43.7 Å². The summed E-state index contributed by atoms with van der Waals surface area (Å²) in [5.41, 5.74) is 1.24. The van der Waals surface area contributed by atoms with E-state index >= 15 is 0 Å². The molecule has 0 amide bonds. The summed E-state index contributed by atoms with van der Waals surface area (Å²) in [4.78, 5) is 0. The minimum Gasteiger partial charge on any atom is -0.657 e. The first kappa shape index (κ1) is 15.9. The zero-order chi connectivity index (χ0) is 10.2. The molecule has 0 aliphatic heterocycles. The molecule has 0 radical (unpaired) electrons. The number of hydrogen-bond acceptors (Lipinski definition) is 1. The molecule has 0 aromatic heterocycles. The van der Waals surface area contributed by atoms with Crippen LogP contribution >= 0.6 is 0 Å². The van der Waals surface area contributed by atoms with Crippen LogP contribution in [0, 0.1) is 0 Å². The molecular formula is C12H18NORb. The molecule has 3 heteroatoms. The SMILES string of the molecule is CCC[N-]C(CO)Cc1ccccc1.[Rb+]. The van der Waals surface area contributed by atoms with Crippen LogP contribution in [0.3, 0.4) is 0 Å². The molecule has 1 aromatic carbocycles. The van der Waals surface area contributed by atoms with Gasteiger partial charge in [0.1, 0.15) is 0 Å². The van der Waals surface area contributed by atoms with E-state index in [1.807, 2.05) is 18.2 Å².